The predicted octanol–water partition coefficient (Wildman–Crippen LogP) is 8.54. The Morgan fingerprint density at radius 1 is 0.711 bits per heavy atom. The quantitative estimate of drug-likeness (QED) is 0.211. The molecule has 0 amide bonds. The summed E-state index contributed by atoms with van der Waals surface area (Å²) in [6, 6.07) is 35.7. The Morgan fingerprint density at radius 2 is 1.34 bits per heavy atom. The Hall–Kier alpha value is -3.37. The topological polar surface area (TPSA) is 28.2 Å². The van der Waals surface area contributed by atoms with Gasteiger partial charge in [-0.1, -0.05) is 89.9 Å². The lowest BCUT2D eigenvalue weighted by atomic mass is 9.76. The number of rotatable bonds is 7. The molecule has 1 aromatic heterocycles. The van der Waals surface area contributed by atoms with Crippen molar-refractivity contribution in [1.82, 2.24) is 9.88 Å². The molecular formula is C33H29Cl2N3. The fourth-order valence-electron chi connectivity index (χ4n) is 5.60. The van der Waals surface area contributed by atoms with Crippen molar-refractivity contribution in [3.63, 3.8) is 0 Å². The zero-order chi connectivity index (χ0) is 26.0. The summed E-state index contributed by atoms with van der Waals surface area (Å²) in [6.07, 6.45) is 4.42. The van der Waals surface area contributed by atoms with Gasteiger partial charge in [-0.25, -0.2) is 0 Å². The van der Waals surface area contributed by atoms with Gasteiger partial charge in [-0.05, 0) is 84.6 Å². The Kier molecular flexibility index (Phi) is 7.08. The van der Waals surface area contributed by atoms with Crippen LogP contribution in [-0.2, 0) is 12.1 Å². The molecular weight excluding hydrogens is 509 g/mol. The highest BCUT2D eigenvalue weighted by atomic mass is 35.5. The number of likely N-dealkylation sites (tertiary alicyclic amines) is 1. The van der Waals surface area contributed by atoms with Crippen molar-refractivity contribution in [2.45, 2.75) is 24.9 Å². The maximum Gasteiger partial charge on any atom is 0.114 e. The maximum atomic E-state index is 6.36. The summed E-state index contributed by atoms with van der Waals surface area (Å²) >= 11 is 12.7. The lowest BCUT2D eigenvalue weighted by Gasteiger charge is -2.38. The first-order valence-corrected chi connectivity index (χ1v) is 13.8. The van der Waals surface area contributed by atoms with E-state index in [1.165, 1.54) is 31.5 Å². The molecule has 6 rings (SSSR count). The lowest BCUT2D eigenvalue weighted by Crippen LogP contribution is -2.38. The van der Waals surface area contributed by atoms with Crippen molar-refractivity contribution >= 4 is 39.8 Å². The normalized spacial score (nSPS) is 15.4. The molecule has 0 spiro atoms. The monoisotopic (exact) mass is 537 g/mol. The fourth-order valence-corrected chi connectivity index (χ4v) is 5.89. The Balaban J connectivity index is 1.53. The second-order valence-electron chi connectivity index (χ2n) is 9.95. The molecule has 5 aromatic rings. The van der Waals surface area contributed by atoms with Crippen molar-refractivity contribution < 1.29 is 0 Å². The lowest BCUT2D eigenvalue weighted by molar-refractivity contribution is 0.331. The van der Waals surface area contributed by atoms with Crippen molar-refractivity contribution in [1.29, 1.82) is 0 Å². The molecule has 5 heteroatoms. The molecule has 1 atom stereocenters. The molecule has 38 heavy (non-hydrogen) atoms. The average molecular weight is 539 g/mol. The maximum absolute atomic E-state index is 6.36. The van der Waals surface area contributed by atoms with Gasteiger partial charge in [0.25, 0.3) is 0 Å². The summed E-state index contributed by atoms with van der Waals surface area (Å²) in [6.45, 7) is 3.35. The first-order chi connectivity index (χ1) is 18.6. The molecule has 0 radical (unpaired) electrons. The molecule has 1 fully saturated rings. The molecule has 1 N–H and O–H groups in total. The van der Waals surface area contributed by atoms with Crippen LogP contribution < -0.4 is 5.32 Å². The first kappa shape index (κ1) is 24.9. The third-order valence-corrected chi connectivity index (χ3v) is 7.99. The van der Waals surface area contributed by atoms with Crippen LogP contribution in [0.2, 0.25) is 10.0 Å². The number of hydrogen-bond donors (Lipinski definition) is 1. The van der Waals surface area contributed by atoms with Crippen LogP contribution in [0.1, 0.15) is 35.1 Å². The van der Waals surface area contributed by atoms with Crippen molar-refractivity contribution in [2.24, 2.45) is 0 Å². The van der Waals surface area contributed by atoms with Gasteiger partial charge in [0.2, 0.25) is 0 Å². The van der Waals surface area contributed by atoms with Gasteiger partial charge in [-0.15, -0.1) is 0 Å². The fraction of sp³-hybridized carbons (Fsp3) is 0.182. The van der Waals surface area contributed by atoms with Crippen LogP contribution in [0.3, 0.4) is 0 Å². The number of aromatic nitrogens is 1. The van der Waals surface area contributed by atoms with E-state index in [9.17, 15) is 0 Å². The molecule has 190 valence electrons. The average Bonchev–Trinajstić information content (AvgIpc) is 3.46. The molecule has 4 aromatic carbocycles. The number of pyridine rings is 1. The highest BCUT2D eigenvalue weighted by Gasteiger charge is 2.37. The van der Waals surface area contributed by atoms with Gasteiger partial charge in [0.1, 0.15) is 5.54 Å². The minimum atomic E-state index is -0.675. The van der Waals surface area contributed by atoms with Crippen molar-refractivity contribution in [3.8, 4) is 0 Å². The summed E-state index contributed by atoms with van der Waals surface area (Å²) in [5.74, 6) is 0. The highest BCUT2D eigenvalue weighted by molar-refractivity contribution is 6.31. The molecule has 1 aliphatic rings. The van der Waals surface area contributed by atoms with Gasteiger partial charge < -0.3 is 5.32 Å². The van der Waals surface area contributed by atoms with Crippen LogP contribution in [0.4, 0.5) is 5.69 Å². The number of halogens is 2. The molecule has 2 heterocycles. The van der Waals surface area contributed by atoms with E-state index in [2.05, 4.69) is 81.9 Å². The van der Waals surface area contributed by atoms with Gasteiger partial charge in [-0.3, -0.25) is 9.88 Å². The van der Waals surface area contributed by atoms with Gasteiger partial charge in [0.15, 0.2) is 0 Å². The minimum absolute atomic E-state index is 0.669. The largest absolute Gasteiger partial charge is 0.367 e. The van der Waals surface area contributed by atoms with Gasteiger partial charge in [0.05, 0.1) is 5.52 Å². The number of fused-ring (bicyclic) bond motifs is 1. The first-order valence-electron chi connectivity index (χ1n) is 13.1. The van der Waals surface area contributed by atoms with Gasteiger partial charge in [0, 0.05) is 33.9 Å². The Morgan fingerprint density at radius 3 is 2.05 bits per heavy atom. The summed E-state index contributed by atoms with van der Waals surface area (Å²) in [5.41, 5.74) is 5.86. The van der Waals surface area contributed by atoms with Crippen LogP contribution >= 0.6 is 23.2 Å². The van der Waals surface area contributed by atoms with E-state index < -0.39 is 5.54 Å². The molecule has 3 nitrogen and oxygen atoms in total. The second-order valence-corrected chi connectivity index (χ2v) is 10.8. The zero-order valence-electron chi connectivity index (χ0n) is 21.1. The third-order valence-electron chi connectivity index (χ3n) is 7.50. The van der Waals surface area contributed by atoms with Crippen molar-refractivity contribution in [3.05, 3.63) is 142 Å². The Bertz CT molecular complexity index is 1530. The van der Waals surface area contributed by atoms with E-state index in [1.807, 2.05) is 42.6 Å². The number of nitrogens with zero attached hydrogens (tertiary/aromatic N) is 2. The third kappa shape index (κ3) is 4.90. The summed E-state index contributed by atoms with van der Waals surface area (Å²) < 4.78 is 0. The Labute approximate surface area is 234 Å². The van der Waals surface area contributed by atoms with Gasteiger partial charge >= 0.3 is 0 Å². The van der Waals surface area contributed by atoms with Crippen LogP contribution in [0.5, 0.6) is 0 Å². The molecule has 0 saturated carbocycles. The van der Waals surface area contributed by atoms with E-state index in [-0.39, 0.29) is 0 Å². The van der Waals surface area contributed by atoms with E-state index in [0.29, 0.717) is 10.0 Å². The van der Waals surface area contributed by atoms with Crippen LogP contribution in [0.25, 0.3) is 10.9 Å². The molecule has 1 unspecified atom stereocenters. The number of benzene rings is 4. The van der Waals surface area contributed by atoms with Gasteiger partial charge in [-0.2, -0.15) is 0 Å². The predicted molar refractivity (Wildman–Crippen MR) is 159 cm³/mol. The second kappa shape index (κ2) is 10.8. The zero-order valence-corrected chi connectivity index (χ0v) is 22.6. The number of anilines is 1. The van der Waals surface area contributed by atoms with Crippen molar-refractivity contribution in [2.75, 3.05) is 18.4 Å². The number of nitrogens with one attached hydrogen (secondary N) is 1. The molecule has 1 saturated heterocycles. The smallest absolute Gasteiger partial charge is 0.114 e. The van der Waals surface area contributed by atoms with E-state index in [0.717, 1.165) is 39.8 Å². The van der Waals surface area contributed by atoms with Crippen LogP contribution in [0, 0.1) is 0 Å². The van der Waals surface area contributed by atoms with E-state index >= 15 is 0 Å². The van der Waals surface area contributed by atoms with E-state index in [4.69, 9.17) is 23.2 Å². The summed E-state index contributed by atoms with van der Waals surface area (Å²) in [7, 11) is 0. The molecule has 0 bridgehead atoms. The number of hydrogen-bond acceptors (Lipinski definition) is 3. The minimum Gasteiger partial charge on any atom is -0.367 e. The van der Waals surface area contributed by atoms with E-state index in [1.54, 1.807) is 0 Å². The molecule has 0 aliphatic carbocycles. The van der Waals surface area contributed by atoms with Crippen LogP contribution in [-0.4, -0.2) is 23.0 Å². The highest BCUT2D eigenvalue weighted by Crippen LogP contribution is 2.42. The van der Waals surface area contributed by atoms with Crippen LogP contribution in [0.15, 0.2) is 109 Å². The standard InChI is InChI=1S/C33H29Cl2N3/c34-28-14-12-27(13-15-28)33(25-6-2-1-3-7-25,26-10-8-24(9-11-26)23-38-20-4-5-21-38)37-31-18-19-36-32-22-29(35)16-17-30(31)32/h1-3,6-19,22H,4-5,20-21,23H2,(H,36,37). The summed E-state index contributed by atoms with van der Waals surface area (Å²) in [5, 5.41) is 6.37. The summed E-state index contributed by atoms with van der Waals surface area (Å²) in [4.78, 5) is 7.11. The SMILES string of the molecule is Clc1ccc(C(Nc2ccnc3cc(Cl)ccc23)(c2ccccc2)c2ccc(CN3CCCC3)cc2)cc1. The molecule has 1 aliphatic heterocycles.